The minimum absolute atomic E-state index is 0.188. The fourth-order valence-electron chi connectivity index (χ4n) is 1.35. The Morgan fingerprint density at radius 2 is 2.17 bits per heavy atom. The number of H-pyrrole nitrogens is 1. The summed E-state index contributed by atoms with van der Waals surface area (Å²) in [7, 11) is 1.50. The van der Waals surface area contributed by atoms with Crippen LogP contribution in [0.3, 0.4) is 0 Å². The highest BCUT2D eigenvalue weighted by Gasteiger charge is 2.06. The Morgan fingerprint density at radius 3 is 2.83 bits per heavy atom. The van der Waals surface area contributed by atoms with E-state index < -0.39 is 0 Å². The molecule has 0 radical (unpaired) electrons. The van der Waals surface area contributed by atoms with Crippen LogP contribution in [0.15, 0.2) is 33.2 Å². The number of nitrogens with two attached hydrogens (primary N) is 1. The molecule has 0 saturated heterocycles. The zero-order chi connectivity index (χ0) is 13.1. The van der Waals surface area contributed by atoms with Crippen molar-refractivity contribution in [1.29, 1.82) is 0 Å². The molecule has 0 aromatic carbocycles. The van der Waals surface area contributed by atoms with Crippen LogP contribution in [0.1, 0.15) is 5.69 Å². The monoisotopic (exact) mass is 264 g/mol. The predicted octanol–water partition coefficient (Wildman–Crippen LogP) is 1.22. The van der Waals surface area contributed by atoms with Gasteiger partial charge in [-0.05, 0) is 30.8 Å². The number of anilines is 1. The summed E-state index contributed by atoms with van der Waals surface area (Å²) in [6.07, 6.45) is 0. The van der Waals surface area contributed by atoms with Gasteiger partial charge in [0.15, 0.2) is 5.16 Å². The second kappa shape index (κ2) is 5.09. The molecule has 7 heteroatoms. The smallest absolute Gasteiger partial charge is 0.251 e. The van der Waals surface area contributed by atoms with E-state index in [1.165, 1.54) is 24.9 Å². The van der Waals surface area contributed by atoms with Gasteiger partial charge < -0.3 is 15.5 Å². The number of hydrogen-bond acceptors (Lipinski definition) is 6. The summed E-state index contributed by atoms with van der Waals surface area (Å²) in [6.45, 7) is 1.76. The van der Waals surface area contributed by atoms with Crippen LogP contribution in [0.2, 0.25) is 0 Å². The number of methoxy groups -OCH3 is 1. The second-order valence-electron chi connectivity index (χ2n) is 3.54. The first-order valence-electron chi connectivity index (χ1n) is 5.15. The van der Waals surface area contributed by atoms with Crippen LogP contribution in [-0.4, -0.2) is 22.1 Å². The number of ether oxygens (including phenoxy) is 1. The van der Waals surface area contributed by atoms with E-state index in [0.29, 0.717) is 27.4 Å². The van der Waals surface area contributed by atoms with Gasteiger partial charge in [0.25, 0.3) is 5.56 Å². The number of nitrogens with one attached hydrogen (secondary N) is 1. The molecule has 0 aliphatic carbocycles. The van der Waals surface area contributed by atoms with E-state index in [1.54, 1.807) is 19.1 Å². The van der Waals surface area contributed by atoms with Gasteiger partial charge in [0.1, 0.15) is 5.03 Å². The zero-order valence-electron chi connectivity index (χ0n) is 9.93. The van der Waals surface area contributed by atoms with E-state index in [0.717, 1.165) is 0 Å². The largest absolute Gasteiger partial charge is 0.480 e. The first-order chi connectivity index (χ1) is 8.58. The molecule has 2 heterocycles. The van der Waals surface area contributed by atoms with Crippen molar-refractivity contribution in [3.63, 3.8) is 0 Å². The van der Waals surface area contributed by atoms with Gasteiger partial charge in [-0.25, -0.2) is 9.97 Å². The van der Waals surface area contributed by atoms with Gasteiger partial charge in [-0.3, -0.25) is 4.79 Å². The molecule has 0 fully saturated rings. The molecule has 0 atom stereocenters. The standard InChI is InChI=1S/C11H12N4O2S/c1-6-5-8(16)14-11(13-6)18-9-4-3-7(12)10(15-9)17-2/h3-5H,12H2,1-2H3,(H,13,14,16). The molecule has 2 aromatic rings. The van der Waals surface area contributed by atoms with Crippen molar-refractivity contribution in [1.82, 2.24) is 15.0 Å². The maximum Gasteiger partial charge on any atom is 0.251 e. The first-order valence-corrected chi connectivity index (χ1v) is 5.96. The Kier molecular flexibility index (Phi) is 3.52. The average Bonchev–Trinajstić information content (AvgIpc) is 2.30. The molecule has 3 N–H and O–H groups in total. The number of aryl methyl sites for hydroxylation is 1. The van der Waals surface area contributed by atoms with E-state index in [1.807, 2.05) is 0 Å². The van der Waals surface area contributed by atoms with Crippen molar-refractivity contribution in [3.8, 4) is 5.88 Å². The van der Waals surface area contributed by atoms with Gasteiger partial charge in [0.2, 0.25) is 5.88 Å². The molecule has 0 aliphatic heterocycles. The fourth-order valence-corrected chi connectivity index (χ4v) is 2.16. The highest BCUT2D eigenvalue weighted by molar-refractivity contribution is 7.99. The van der Waals surface area contributed by atoms with Gasteiger partial charge in [0.05, 0.1) is 12.8 Å². The summed E-state index contributed by atoms with van der Waals surface area (Å²) >= 11 is 1.24. The Bertz CT molecular complexity index is 627. The lowest BCUT2D eigenvalue weighted by Crippen LogP contribution is -2.08. The lowest BCUT2D eigenvalue weighted by Gasteiger charge is -2.05. The summed E-state index contributed by atoms with van der Waals surface area (Å²) in [4.78, 5) is 22.3. The molecule has 6 nitrogen and oxygen atoms in total. The van der Waals surface area contributed by atoms with Crippen LogP contribution in [-0.2, 0) is 0 Å². The number of rotatable bonds is 3. The Hall–Kier alpha value is -2.02. The van der Waals surface area contributed by atoms with Crippen molar-refractivity contribution < 1.29 is 4.74 Å². The Morgan fingerprint density at radius 1 is 1.39 bits per heavy atom. The lowest BCUT2D eigenvalue weighted by atomic mass is 10.4. The lowest BCUT2D eigenvalue weighted by molar-refractivity contribution is 0.397. The molecule has 0 saturated carbocycles. The molecule has 0 aliphatic rings. The third-order valence-electron chi connectivity index (χ3n) is 2.11. The molecule has 0 unspecified atom stereocenters. The van der Waals surface area contributed by atoms with Crippen molar-refractivity contribution >= 4 is 17.4 Å². The number of aromatic nitrogens is 3. The molecule has 0 spiro atoms. The molecule has 94 valence electrons. The third kappa shape index (κ3) is 2.80. The van der Waals surface area contributed by atoms with E-state index in [-0.39, 0.29) is 5.56 Å². The van der Waals surface area contributed by atoms with E-state index in [9.17, 15) is 4.79 Å². The summed E-state index contributed by atoms with van der Waals surface area (Å²) in [5.41, 5.74) is 6.61. The van der Waals surface area contributed by atoms with Crippen molar-refractivity contribution in [2.24, 2.45) is 0 Å². The van der Waals surface area contributed by atoms with E-state index in [4.69, 9.17) is 10.5 Å². The highest BCUT2D eigenvalue weighted by atomic mass is 32.2. The molecule has 0 bridgehead atoms. The minimum Gasteiger partial charge on any atom is -0.480 e. The molecule has 0 amide bonds. The topological polar surface area (TPSA) is 93.9 Å². The zero-order valence-corrected chi connectivity index (χ0v) is 10.7. The van der Waals surface area contributed by atoms with Crippen LogP contribution in [0.4, 0.5) is 5.69 Å². The van der Waals surface area contributed by atoms with Crippen molar-refractivity contribution in [3.05, 3.63) is 34.2 Å². The summed E-state index contributed by atoms with van der Waals surface area (Å²) in [5, 5.41) is 1.13. The number of hydrogen-bond donors (Lipinski definition) is 2. The van der Waals surface area contributed by atoms with Crippen molar-refractivity contribution in [2.75, 3.05) is 12.8 Å². The molecule has 2 aromatic heterocycles. The number of aromatic amines is 1. The van der Waals surface area contributed by atoms with Gasteiger partial charge in [-0.2, -0.15) is 0 Å². The number of nitrogen functional groups attached to an aromatic ring is 1. The van der Waals surface area contributed by atoms with Crippen molar-refractivity contribution in [2.45, 2.75) is 17.1 Å². The quantitative estimate of drug-likeness (QED) is 0.809. The predicted molar refractivity (Wildman–Crippen MR) is 68.9 cm³/mol. The molecule has 2 rings (SSSR count). The van der Waals surface area contributed by atoms with Crippen LogP contribution in [0.25, 0.3) is 0 Å². The third-order valence-corrected chi connectivity index (χ3v) is 2.93. The maximum atomic E-state index is 11.3. The summed E-state index contributed by atoms with van der Waals surface area (Å²) < 4.78 is 5.03. The maximum absolute atomic E-state index is 11.3. The highest BCUT2D eigenvalue weighted by Crippen LogP contribution is 2.27. The summed E-state index contributed by atoms with van der Waals surface area (Å²) in [5.74, 6) is 0.356. The number of pyridine rings is 1. The second-order valence-corrected chi connectivity index (χ2v) is 4.55. The van der Waals surface area contributed by atoms with Crippen LogP contribution < -0.4 is 16.0 Å². The Balaban J connectivity index is 2.31. The van der Waals surface area contributed by atoms with Crippen LogP contribution in [0, 0.1) is 6.92 Å². The molecular weight excluding hydrogens is 252 g/mol. The molecule has 18 heavy (non-hydrogen) atoms. The fraction of sp³-hybridized carbons (Fsp3) is 0.182. The minimum atomic E-state index is -0.188. The SMILES string of the molecule is COc1nc(Sc2nc(C)cc(=O)[nH]2)ccc1N. The van der Waals surface area contributed by atoms with Gasteiger partial charge in [-0.1, -0.05) is 0 Å². The van der Waals surface area contributed by atoms with Gasteiger partial charge in [0, 0.05) is 11.8 Å². The normalized spacial score (nSPS) is 10.3. The van der Waals surface area contributed by atoms with Gasteiger partial charge >= 0.3 is 0 Å². The molecular formula is C11H12N4O2S. The van der Waals surface area contributed by atoms with Crippen LogP contribution >= 0.6 is 11.8 Å². The van der Waals surface area contributed by atoms with E-state index >= 15 is 0 Å². The number of nitrogens with zero attached hydrogens (tertiary/aromatic N) is 2. The van der Waals surface area contributed by atoms with Crippen LogP contribution in [0.5, 0.6) is 5.88 Å². The average molecular weight is 264 g/mol. The van der Waals surface area contributed by atoms with E-state index in [2.05, 4.69) is 15.0 Å². The Labute approximate surface area is 108 Å². The van der Waals surface area contributed by atoms with Gasteiger partial charge in [-0.15, -0.1) is 0 Å². The first kappa shape index (κ1) is 12.4. The summed E-state index contributed by atoms with van der Waals surface area (Å²) in [6, 6.07) is 4.87.